The number of rotatable bonds is 9. The Morgan fingerprint density at radius 2 is 1.93 bits per heavy atom. The zero-order valence-corrected chi connectivity index (χ0v) is 9.38. The molecule has 0 amide bonds. The molecule has 0 saturated heterocycles. The van der Waals surface area contributed by atoms with Crippen LogP contribution in [0.3, 0.4) is 0 Å². The summed E-state index contributed by atoms with van der Waals surface area (Å²) in [6.45, 7) is 2.99. The van der Waals surface area contributed by atoms with Gasteiger partial charge < -0.3 is 15.4 Å². The number of nitrogens with two attached hydrogens (primary N) is 1. The average molecular weight is 201 g/mol. The molecule has 0 bridgehead atoms. The summed E-state index contributed by atoms with van der Waals surface area (Å²) in [6.07, 6.45) is 3.94. The average Bonchev–Trinajstić information content (AvgIpc) is 2.13. The Balaban J connectivity index is 3.18. The van der Waals surface area contributed by atoms with Gasteiger partial charge in [0.05, 0.1) is 5.84 Å². The van der Waals surface area contributed by atoms with Crippen LogP contribution in [0.5, 0.6) is 0 Å². The lowest BCUT2D eigenvalue weighted by Gasteiger charge is -2.15. The number of nitrogens with one attached hydrogen (secondary N) is 1. The molecule has 0 aliphatic rings. The third kappa shape index (κ3) is 9.48. The van der Waals surface area contributed by atoms with Crippen LogP contribution in [0, 0.1) is 5.41 Å². The van der Waals surface area contributed by atoms with Crippen LogP contribution in [0.4, 0.5) is 0 Å². The van der Waals surface area contributed by atoms with Gasteiger partial charge in [0, 0.05) is 26.7 Å². The molecule has 0 saturated carbocycles. The van der Waals surface area contributed by atoms with Crippen LogP contribution in [-0.2, 0) is 4.74 Å². The summed E-state index contributed by atoms with van der Waals surface area (Å²) in [5.41, 5.74) is 5.26. The smallest absolute Gasteiger partial charge is 0.0905 e. The maximum absolute atomic E-state index is 7.06. The molecule has 4 heteroatoms. The molecule has 0 unspecified atom stereocenters. The van der Waals surface area contributed by atoms with Crippen molar-refractivity contribution in [2.75, 3.05) is 33.9 Å². The second-order valence-electron chi connectivity index (χ2n) is 3.63. The monoisotopic (exact) mass is 201 g/mol. The largest absolute Gasteiger partial charge is 0.388 e. The third-order valence-corrected chi connectivity index (χ3v) is 2.12. The van der Waals surface area contributed by atoms with Crippen molar-refractivity contribution in [1.29, 1.82) is 5.41 Å². The fourth-order valence-corrected chi connectivity index (χ4v) is 1.29. The standard InChI is InChI=1S/C10H23N3O/c1-13(8-5-9-14-2)7-4-3-6-10(11)12/h3-9H2,1-2H3,(H3,11,12). The first kappa shape index (κ1) is 13.4. The Morgan fingerprint density at radius 3 is 2.50 bits per heavy atom. The van der Waals surface area contributed by atoms with E-state index in [1.54, 1.807) is 7.11 Å². The number of hydrogen-bond acceptors (Lipinski definition) is 3. The van der Waals surface area contributed by atoms with Crippen LogP contribution in [0.1, 0.15) is 25.7 Å². The summed E-state index contributed by atoms with van der Waals surface area (Å²) < 4.78 is 4.98. The normalized spacial score (nSPS) is 10.8. The Kier molecular flexibility index (Phi) is 8.57. The predicted octanol–water partition coefficient (Wildman–Crippen LogP) is 1.06. The highest BCUT2D eigenvalue weighted by atomic mass is 16.5. The molecule has 0 aromatic heterocycles. The lowest BCUT2D eigenvalue weighted by Crippen LogP contribution is -2.22. The second kappa shape index (κ2) is 8.97. The Morgan fingerprint density at radius 1 is 1.29 bits per heavy atom. The Bertz CT molecular complexity index is 150. The summed E-state index contributed by atoms with van der Waals surface area (Å²) in [4.78, 5) is 2.29. The Labute approximate surface area is 86.9 Å². The quantitative estimate of drug-likeness (QED) is 0.333. The Hall–Kier alpha value is -0.610. The van der Waals surface area contributed by atoms with Gasteiger partial charge in [0.2, 0.25) is 0 Å². The number of nitrogens with zero attached hydrogens (tertiary/aromatic N) is 1. The fourth-order valence-electron chi connectivity index (χ4n) is 1.29. The van der Waals surface area contributed by atoms with Crippen molar-refractivity contribution in [3.8, 4) is 0 Å². The summed E-state index contributed by atoms with van der Waals surface area (Å²) in [7, 11) is 3.84. The minimum absolute atomic E-state index is 0.298. The zero-order valence-electron chi connectivity index (χ0n) is 9.38. The molecule has 0 aromatic rings. The molecule has 0 aliphatic carbocycles. The predicted molar refractivity (Wildman–Crippen MR) is 59.8 cm³/mol. The first-order valence-electron chi connectivity index (χ1n) is 5.17. The van der Waals surface area contributed by atoms with Crippen LogP contribution in [0.25, 0.3) is 0 Å². The van der Waals surface area contributed by atoms with E-state index in [9.17, 15) is 0 Å². The molecule has 0 aliphatic heterocycles. The maximum Gasteiger partial charge on any atom is 0.0905 e. The number of unbranched alkanes of at least 4 members (excludes halogenated alkanes) is 1. The summed E-state index contributed by atoms with van der Waals surface area (Å²) in [6, 6.07) is 0. The van der Waals surface area contributed by atoms with Crippen molar-refractivity contribution in [3.05, 3.63) is 0 Å². The lowest BCUT2D eigenvalue weighted by molar-refractivity contribution is 0.179. The molecule has 0 aromatic carbocycles. The highest BCUT2D eigenvalue weighted by Gasteiger charge is 1.98. The highest BCUT2D eigenvalue weighted by Crippen LogP contribution is 1.97. The van der Waals surface area contributed by atoms with Crippen LogP contribution >= 0.6 is 0 Å². The van der Waals surface area contributed by atoms with Gasteiger partial charge in [-0.15, -0.1) is 0 Å². The van der Waals surface area contributed by atoms with E-state index in [0.717, 1.165) is 45.4 Å². The van der Waals surface area contributed by atoms with Crippen molar-refractivity contribution < 1.29 is 4.74 Å². The maximum atomic E-state index is 7.06. The van der Waals surface area contributed by atoms with Gasteiger partial charge in [0.25, 0.3) is 0 Å². The van der Waals surface area contributed by atoms with Crippen LogP contribution in [-0.4, -0.2) is 44.6 Å². The zero-order chi connectivity index (χ0) is 10.8. The number of hydrogen-bond donors (Lipinski definition) is 2. The van der Waals surface area contributed by atoms with Crippen molar-refractivity contribution >= 4 is 5.84 Å². The molecule has 14 heavy (non-hydrogen) atoms. The van der Waals surface area contributed by atoms with Crippen molar-refractivity contribution in [2.45, 2.75) is 25.7 Å². The van der Waals surface area contributed by atoms with Gasteiger partial charge in [-0.05, 0) is 32.9 Å². The lowest BCUT2D eigenvalue weighted by atomic mass is 10.2. The van der Waals surface area contributed by atoms with Crippen molar-refractivity contribution in [1.82, 2.24) is 4.90 Å². The van der Waals surface area contributed by atoms with Gasteiger partial charge in [0.1, 0.15) is 0 Å². The molecule has 0 radical (unpaired) electrons. The van der Waals surface area contributed by atoms with E-state index >= 15 is 0 Å². The molecule has 0 atom stereocenters. The van der Waals surface area contributed by atoms with Crippen LogP contribution in [0.15, 0.2) is 0 Å². The first-order valence-corrected chi connectivity index (χ1v) is 5.17. The molecule has 0 heterocycles. The van der Waals surface area contributed by atoms with Gasteiger partial charge in [-0.1, -0.05) is 0 Å². The van der Waals surface area contributed by atoms with Crippen molar-refractivity contribution in [3.63, 3.8) is 0 Å². The minimum atomic E-state index is 0.298. The number of amidine groups is 1. The second-order valence-corrected chi connectivity index (χ2v) is 3.63. The fraction of sp³-hybridized carbons (Fsp3) is 0.900. The van der Waals surface area contributed by atoms with E-state index in [0.29, 0.717) is 5.84 Å². The summed E-state index contributed by atoms with van der Waals surface area (Å²) in [5, 5.41) is 7.06. The SMILES string of the molecule is COCCCN(C)CCCCC(=N)N. The topological polar surface area (TPSA) is 62.3 Å². The van der Waals surface area contributed by atoms with E-state index in [4.69, 9.17) is 15.9 Å². The molecule has 4 nitrogen and oxygen atoms in total. The molecule has 0 rings (SSSR count). The van der Waals surface area contributed by atoms with Gasteiger partial charge in [-0.25, -0.2) is 0 Å². The molecule has 84 valence electrons. The molecule has 3 N–H and O–H groups in total. The van der Waals surface area contributed by atoms with E-state index in [-0.39, 0.29) is 0 Å². The molecule has 0 spiro atoms. The van der Waals surface area contributed by atoms with Crippen molar-refractivity contribution in [2.24, 2.45) is 5.73 Å². The summed E-state index contributed by atoms with van der Waals surface area (Å²) >= 11 is 0. The highest BCUT2D eigenvalue weighted by molar-refractivity contribution is 5.76. The third-order valence-electron chi connectivity index (χ3n) is 2.12. The van der Waals surface area contributed by atoms with Crippen LogP contribution < -0.4 is 5.73 Å². The van der Waals surface area contributed by atoms with E-state index in [1.807, 2.05) is 0 Å². The summed E-state index contributed by atoms with van der Waals surface area (Å²) in [5.74, 6) is 0.298. The van der Waals surface area contributed by atoms with Gasteiger partial charge in [-0.2, -0.15) is 0 Å². The molecular weight excluding hydrogens is 178 g/mol. The van der Waals surface area contributed by atoms with E-state index in [2.05, 4.69) is 11.9 Å². The minimum Gasteiger partial charge on any atom is -0.388 e. The molecular formula is C10H23N3O. The van der Waals surface area contributed by atoms with Gasteiger partial charge >= 0.3 is 0 Å². The van der Waals surface area contributed by atoms with Crippen LogP contribution in [0.2, 0.25) is 0 Å². The van der Waals surface area contributed by atoms with E-state index in [1.165, 1.54) is 0 Å². The molecule has 0 fully saturated rings. The number of methoxy groups -OCH3 is 1. The van der Waals surface area contributed by atoms with Gasteiger partial charge in [0.15, 0.2) is 0 Å². The number of ether oxygens (including phenoxy) is 1. The van der Waals surface area contributed by atoms with E-state index < -0.39 is 0 Å². The first-order chi connectivity index (χ1) is 6.66. The van der Waals surface area contributed by atoms with Gasteiger partial charge in [-0.3, -0.25) is 5.41 Å².